The highest BCUT2D eigenvalue weighted by atomic mass is 35.5. The summed E-state index contributed by atoms with van der Waals surface area (Å²) in [5.74, 6) is -0.653. The number of rotatable bonds is 6. The molecule has 0 aliphatic heterocycles. The zero-order chi connectivity index (χ0) is 20.0. The Morgan fingerprint density at radius 1 is 1.30 bits per heavy atom. The van der Waals surface area contributed by atoms with Crippen LogP contribution in [0.2, 0.25) is 5.02 Å². The molecule has 0 saturated carbocycles. The van der Waals surface area contributed by atoms with Gasteiger partial charge in [0.15, 0.2) is 0 Å². The van der Waals surface area contributed by atoms with E-state index >= 15 is 0 Å². The molecule has 27 heavy (non-hydrogen) atoms. The lowest BCUT2D eigenvalue weighted by molar-refractivity contribution is 0.624. The van der Waals surface area contributed by atoms with Crippen molar-refractivity contribution in [3.63, 3.8) is 0 Å². The first-order valence-electron chi connectivity index (χ1n) is 8.63. The zero-order valence-corrected chi connectivity index (χ0v) is 16.1. The molecule has 1 heterocycles. The van der Waals surface area contributed by atoms with Crippen molar-refractivity contribution < 1.29 is 4.39 Å². The molecule has 2 aromatic rings. The van der Waals surface area contributed by atoms with Gasteiger partial charge in [0.05, 0.1) is 16.3 Å². The maximum atomic E-state index is 14.1. The molecule has 0 aliphatic carbocycles. The number of halogens is 2. The number of pyridine rings is 1. The number of aromatic nitrogens is 1. The maximum Gasteiger partial charge on any atom is 0.140 e. The molecule has 0 fully saturated rings. The first-order valence-corrected chi connectivity index (χ1v) is 9.01. The van der Waals surface area contributed by atoms with E-state index in [1.165, 1.54) is 12.1 Å². The lowest BCUT2D eigenvalue weighted by atomic mass is 9.92. The van der Waals surface area contributed by atoms with Gasteiger partial charge in [-0.1, -0.05) is 37.1 Å². The topological polar surface area (TPSA) is 88.7 Å². The quantitative estimate of drug-likeness (QED) is 0.696. The van der Waals surface area contributed by atoms with E-state index < -0.39 is 5.82 Å². The normalized spacial score (nSPS) is 13.7. The van der Waals surface area contributed by atoms with Gasteiger partial charge in [0.1, 0.15) is 17.6 Å². The Hall–Kier alpha value is -2.84. The number of nitriles is 1. The summed E-state index contributed by atoms with van der Waals surface area (Å²) in [5.41, 5.74) is 15.2. The number of nitrogens with two attached hydrogens (primary N) is 2. The highest BCUT2D eigenvalue weighted by Crippen LogP contribution is 2.29. The third-order valence-electron chi connectivity index (χ3n) is 4.27. The number of allylic oxidation sites excluding steroid dienone is 3. The minimum absolute atomic E-state index is 0.156. The molecule has 0 spiro atoms. The third-order valence-corrected chi connectivity index (χ3v) is 4.59. The lowest BCUT2D eigenvalue weighted by Gasteiger charge is -2.18. The fraction of sp³-hybridized carbons (Fsp3) is 0.238. The third kappa shape index (κ3) is 4.87. The fourth-order valence-electron chi connectivity index (χ4n) is 2.90. The molecule has 0 saturated heterocycles. The van der Waals surface area contributed by atoms with Crippen LogP contribution in [0.25, 0.3) is 5.70 Å². The summed E-state index contributed by atoms with van der Waals surface area (Å²) in [6.45, 7) is 3.86. The Bertz CT molecular complexity index is 908. The largest absolute Gasteiger partial charge is 0.401 e. The first-order chi connectivity index (χ1) is 12.9. The molecule has 1 aromatic heterocycles. The molecule has 4 N–H and O–H groups in total. The second-order valence-electron chi connectivity index (χ2n) is 6.24. The first kappa shape index (κ1) is 20.5. The van der Waals surface area contributed by atoms with Crippen LogP contribution in [-0.4, -0.2) is 4.98 Å². The monoisotopic (exact) mass is 384 g/mol. The van der Waals surface area contributed by atoms with Crippen LogP contribution in [0.3, 0.4) is 0 Å². The van der Waals surface area contributed by atoms with Crippen LogP contribution in [0.15, 0.2) is 53.7 Å². The van der Waals surface area contributed by atoms with Crippen molar-refractivity contribution in [1.82, 2.24) is 4.98 Å². The van der Waals surface area contributed by atoms with Crippen molar-refractivity contribution in [2.24, 2.45) is 11.5 Å². The summed E-state index contributed by atoms with van der Waals surface area (Å²) in [7, 11) is 0. The molecule has 1 atom stereocenters. The van der Waals surface area contributed by atoms with Crippen LogP contribution in [0.4, 0.5) is 4.39 Å². The second-order valence-corrected chi connectivity index (χ2v) is 6.64. The van der Waals surface area contributed by atoms with E-state index in [1.54, 1.807) is 24.3 Å². The fourth-order valence-corrected chi connectivity index (χ4v) is 3.17. The predicted molar refractivity (Wildman–Crippen MR) is 107 cm³/mol. The van der Waals surface area contributed by atoms with Crippen LogP contribution in [0, 0.1) is 17.1 Å². The molecular formula is C21H22ClFN4. The minimum atomic E-state index is -0.490. The van der Waals surface area contributed by atoms with E-state index in [1.807, 2.05) is 26.0 Å². The summed E-state index contributed by atoms with van der Waals surface area (Å²) in [6, 6.07) is 11.7. The van der Waals surface area contributed by atoms with E-state index in [2.05, 4.69) is 4.98 Å². The van der Waals surface area contributed by atoms with E-state index in [0.717, 1.165) is 18.5 Å². The average Bonchev–Trinajstić information content (AvgIpc) is 2.65. The van der Waals surface area contributed by atoms with Crippen molar-refractivity contribution >= 4 is 17.3 Å². The van der Waals surface area contributed by atoms with Crippen LogP contribution >= 0.6 is 11.6 Å². The molecule has 2 rings (SSSR count). The lowest BCUT2D eigenvalue weighted by Crippen LogP contribution is -2.14. The van der Waals surface area contributed by atoms with Gasteiger partial charge in [0.25, 0.3) is 0 Å². The SMILES string of the molecule is CCCC(/C(N)=C(C)/C=C(\N)c1c(F)cccc1Cl)c1cccc(C#N)n1. The van der Waals surface area contributed by atoms with E-state index in [9.17, 15) is 4.39 Å². The van der Waals surface area contributed by atoms with Crippen molar-refractivity contribution in [3.05, 3.63) is 81.5 Å². The van der Waals surface area contributed by atoms with Crippen molar-refractivity contribution in [3.8, 4) is 6.07 Å². The molecule has 1 aromatic carbocycles. The molecule has 4 nitrogen and oxygen atoms in total. The van der Waals surface area contributed by atoms with Gasteiger partial charge in [0.2, 0.25) is 0 Å². The van der Waals surface area contributed by atoms with Gasteiger partial charge in [-0.25, -0.2) is 9.37 Å². The minimum Gasteiger partial charge on any atom is -0.401 e. The van der Waals surface area contributed by atoms with Gasteiger partial charge in [0, 0.05) is 17.3 Å². The van der Waals surface area contributed by atoms with Crippen molar-refractivity contribution in [2.75, 3.05) is 0 Å². The summed E-state index contributed by atoms with van der Waals surface area (Å²) < 4.78 is 14.1. The van der Waals surface area contributed by atoms with Crippen molar-refractivity contribution in [1.29, 1.82) is 5.26 Å². The predicted octanol–water partition coefficient (Wildman–Crippen LogP) is 4.86. The van der Waals surface area contributed by atoms with Gasteiger partial charge in [-0.2, -0.15) is 5.26 Å². The Kier molecular flexibility index (Phi) is 6.98. The standard InChI is InChI=1S/C21H22ClFN4/c1-3-6-15(19-10-4-7-14(12-24)27-19)21(26)13(2)11-18(25)20-16(22)8-5-9-17(20)23/h4-5,7-11,15H,3,6,25-26H2,1-2H3/b18-11-,21-13-. The smallest absolute Gasteiger partial charge is 0.140 e. The average molecular weight is 385 g/mol. The van der Waals surface area contributed by atoms with Crippen LogP contribution < -0.4 is 11.5 Å². The molecule has 0 radical (unpaired) electrons. The van der Waals surface area contributed by atoms with Gasteiger partial charge < -0.3 is 11.5 Å². The van der Waals surface area contributed by atoms with Crippen LogP contribution in [-0.2, 0) is 0 Å². The molecule has 0 aliphatic rings. The molecular weight excluding hydrogens is 363 g/mol. The summed E-state index contributed by atoms with van der Waals surface area (Å²) in [6.07, 6.45) is 3.27. The van der Waals surface area contributed by atoms with Gasteiger partial charge in [-0.3, -0.25) is 0 Å². The highest BCUT2D eigenvalue weighted by molar-refractivity contribution is 6.32. The van der Waals surface area contributed by atoms with Gasteiger partial charge in [-0.15, -0.1) is 0 Å². The van der Waals surface area contributed by atoms with Gasteiger partial charge >= 0.3 is 0 Å². The van der Waals surface area contributed by atoms with E-state index in [-0.39, 0.29) is 22.2 Å². The number of benzene rings is 1. The van der Waals surface area contributed by atoms with Crippen LogP contribution in [0.5, 0.6) is 0 Å². The Labute approximate surface area is 164 Å². The molecule has 1 unspecified atom stereocenters. The molecule has 140 valence electrons. The highest BCUT2D eigenvalue weighted by Gasteiger charge is 2.18. The maximum absolute atomic E-state index is 14.1. The number of hydrogen-bond donors (Lipinski definition) is 2. The van der Waals surface area contributed by atoms with Crippen molar-refractivity contribution in [2.45, 2.75) is 32.6 Å². The summed E-state index contributed by atoms with van der Waals surface area (Å²) in [4.78, 5) is 4.37. The summed E-state index contributed by atoms with van der Waals surface area (Å²) in [5, 5.41) is 9.33. The van der Waals surface area contributed by atoms with Gasteiger partial charge in [-0.05, 0) is 49.3 Å². The number of nitrogens with zero attached hydrogens (tertiary/aromatic N) is 2. The second kappa shape index (κ2) is 9.20. The molecule has 6 heteroatoms. The Morgan fingerprint density at radius 2 is 2.00 bits per heavy atom. The Morgan fingerprint density at radius 3 is 2.63 bits per heavy atom. The van der Waals surface area contributed by atoms with E-state index in [4.69, 9.17) is 28.3 Å². The molecule has 0 amide bonds. The molecule has 0 bridgehead atoms. The van der Waals surface area contributed by atoms with E-state index in [0.29, 0.717) is 17.0 Å². The Balaban J connectivity index is 2.47. The number of hydrogen-bond acceptors (Lipinski definition) is 4. The zero-order valence-electron chi connectivity index (χ0n) is 15.3. The van der Waals surface area contributed by atoms with Crippen LogP contribution in [0.1, 0.15) is 49.6 Å². The summed E-state index contributed by atoms with van der Waals surface area (Å²) >= 11 is 6.08.